The van der Waals surface area contributed by atoms with Crippen LogP contribution in [-0.4, -0.2) is 41.9 Å². The summed E-state index contributed by atoms with van der Waals surface area (Å²) in [5.74, 6) is 0.147. The van der Waals surface area contributed by atoms with Crippen molar-refractivity contribution in [1.29, 1.82) is 0 Å². The van der Waals surface area contributed by atoms with E-state index in [9.17, 15) is 4.79 Å². The highest BCUT2D eigenvalue weighted by molar-refractivity contribution is 6.30. The molecule has 3 rings (SSSR count). The van der Waals surface area contributed by atoms with Gasteiger partial charge in [-0.15, -0.1) is 6.58 Å². The van der Waals surface area contributed by atoms with Crippen LogP contribution in [0.25, 0.3) is 0 Å². The molecule has 0 aliphatic carbocycles. The van der Waals surface area contributed by atoms with Crippen LogP contribution in [0.2, 0.25) is 10.0 Å². The molecule has 0 radical (unpaired) electrons. The van der Waals surface area contributed by atoms with E-state index in [0.717, 1.165) is 36.2 Å². The van der Waals surface area contributed by atoms with Crippen LogP contribution in [0.3, 0.4) is 0 Å². The molecule has 2 aromatic rings. The largest absolute Gasteiger partial charge is 0.340 e. The molecule has 0 N–H and O–H groups in total. The molecule has 0 saturated carbocycles. The van der Waals surface area contributed by atoms with Crippen LogP contribution in [0.15, 0.2) is 61.2 Å². The highest BCUT2D eigenvalue weighted by Gasteiger charge is 2.27. The van der Waals surface area contributed by atoms with Gasteiger partial charge in [-0.05, 0) is 35.4 Å². The number of hydrogen-bond acceptors (Lipinski definition) is 2. The van der Waals surface area contributed by atoms with Crippen molar-refractivity contribution in [2.75, 3.05) is 26.2 Å². The molecule has 5 heteroatoms. The van der Waals surface area contributed by atoms with Crippen LogP contribution in [0, 0.1) is 0 Å². The topological polar surface area (TPSA) is 23.6 Å². The van der Waals surface area contributed by atoms with E-state index in [0.29, 0.717) is 6.42 Å². The molecule has 1 amide bonds. The Balaban J connectivity index is 1.82. The molecule has 0 spiro atoms. The van der Waals surface area contributed by atoms with E-state index < -0.39 is 0 Å². The summed E-state index contributed by atoms with van der Waals surface area (Å²) < 4.78 is 0. The number of amides is 1. The van der Waals surface area contributed by atoms with Gasteiger partial charge in [0.1, 0.15) is 0 Å². The van der Waals surface area contributed by atoms with Gasteiger partial charge < -0.3 is 4.90 Å². The molecular weight excluding hydrogens is 367 g/mol. The van der Waals surface area contributed by atoms with Crippen molar-refractivity contribution in [1.82, 2.24) is 9.80 Å². The summed E-state index contributed by atoms with van der Waals surface area (Å²) in [6.07, 6.45) is 2.07. The molecule has 1 aliphatic rings. The number of carbonyl (C=O) groups is 1. The van der Waals surface area contributed by atoms with Crippen molar-refractivity contribution < 1.29 is 4.79 Å². The van der Waals surface area contributed by atoms with Crippen molar-refractivity contribution in [3.63, 3.8) is 0 Å². The maximum atomic E-state index is 12.1. The maximum absolute atomic E-state index is 12.1. The molecule has 136 valence electrons. The first-order valence-electron chi connectivity index (χ1n) is 8.72. The Morgan fingerprint density at radius 1 is 0.923 bits per heavy atom. The van der Waals surface area contributed by atoms with Crippen molar-refractivity contribution in [3.8, 4) is 0 Å². The Kier molecular flexibility index (Phi) is 6.36. The first-order chi connectivity index (χ1) is 12.6. The van der Waals surface area contributed by atoms with E-state index in [4.69, 9.17) is 23.2 Å². The Morgan fingerprint density at radius 2 is 1.38 bits per heavy atom. The summed E-state index contributed by atoms with van der Waals surface area (Å²) in [5, 5.41) is 1.45. The molecule has 1 heterocycles. The third kappa shape index (κ3) is 4.47. The first kappa shape index (κ1) is 19.0. The fourth-order valence-electron chi connectivity index (χ4n) is 3.39. The molecule has 1 aliphatic heterocycles. The molecule has 1 fully saturated rings. The Morgan fingerprint density at radius 3 is 1.81 bits per heavy atom. The lowest BCUT2D eigenvalue weighted by Crippen LogP contribution is -2.49. The van der Waals surface area contributed by atoms with E-state index in [1.54, 1.807) is 6.08 Å². The number of rotatable bonds is 5. The number of nitrogens with zero attached hydrogens (tertiary/aromatic N) is 2. The molecule has 0 atom stereocenters. The minimum atomic E-state index is 0.112. The molecule has 0 unspecified atom stereocenters. The average Bonchev–Trinajstić information content (AvgIpc) is 2.66. The van der Waals surface area contributed by atoms with Gasteiger partial charge in [0.05, 0.1) is 6.04 Å². The Hall–Kier alpha value is -1.81. The number of benzene rings is 2. The van der Waals surface area contributed by atoms with Crippen LogP contribution in [-0.2, 0) is 4.79 Å². The summed E-state index contributed by atoms with van der Waals surface area (Å²) in [6, 6.07) is 16.1. The minimum Gasteiger partial charge on any atom is -0.340 e. The smallest absolute Gasteiger partial charge is 0.226 e. The van der Waals surface area contributed by atoms with E-state index in [-0.39, 0.29) is 11.9 Å². The maximum Gasteiger partial charge on any atom is 0.226 e. The summed E-state index contributed by atoms with van der Waals surface area (Å²) >= 11 is 12.1. The van der Waals surface area contributed by atoms with Gasteiger partial charge in [0, 0.05) is 42.6 Å². The van der Waals surface area contributed by atoms with E-state index in [1.165, 1.54) is 11.1 Å². The average molecular weight is 389 g/mol. The van der Waals surface area contributed by atoms with Crippen LogP contribution in [0.1, 0.15) is 23.6 Å². The zero-order chi connectivity index (χ0) is 18.5. The van der Waals surface area contributed by atoms with E-state index in [1.807, 2.05) is 29.2 Å². The third-order valence-corrected chi connectivity index (χ3v) is 5.23. The van der Waals surface area contributed by atoms with E-state index in [2.05, 4.69) is 35.7 Å². The summed E-state index contributed by atoms with van der Waals surface area (Å²) in [4.78, 5) is 16.4. The van der Waals surface area contributed by atoms with Gasteiger partial charge in [-0.1, -0.05) is 53.5 Å². The first-order valence-corrected chi connectivity index (χ1v) is 9.47. The predicted octanol–water partition coefficient (Wildman–Crippen LogP) is 4.80. The Labute approximate surface area is 164 Å². The molecule has 0 bridgehead atoms. The highest BCUT2D eigenvalue weighted by Crippen LogP contribution is 2.31. The zero-order valence-electron chi connectivity index (χ0n) is 14.6. The van der Waals surface area contributed by atoms with Crippen LogP contribution in [0.4, 0.5) is 0 Å². The fraction of sp³-hybridized carbons (Fsp3) is 0.286. The quantitative estimate of drug-likeness (QED) is 0.686. The van der Waals surface area contributed by atoms with Gasteiger partial charge >= 0.3 is 0 Å². The second-order valence-corrected chi connectivity index (χ2v) is 7.29. The summed E-state index contributed by atoms with van der Waals surface area (Å²) in [6.45, 7) is 6.74. The van der Waals surface area contributed by atoms with Crippen molar-refractivity contribution in [2.45, 2.75) is 12.5 Å². The van der Waals surface area contributed by atoms with Crippen molar-refractivity contribution in [2.24, 2.45) is 0 Å². The number of hydrogen-bond donors (Lipinski definition) is 0. The predicted molar refractivity (Wildman–Crippen MR) is 108 cm³/mol. The summed E-state index contributed by atoms with van der Waals surface area (Å²) in [5.41, 5.74) is 2.37. The summed E-state index contributed by atoms with van der Waals surface area (Å²) in [7, 11) is 0. The molecule has 1 saturated heterocycles. The molecule has 0 aromatic heterocycles. The van der Waals surface area contributed by atoms with Crippen LogP contribution >= 0.6 is 23.2 Å². The normalized spacial score (nSPS) is 15.3. The lowest BCUT2D eigenvalue weighted by Gasteiger charge is -2.39. The molecule has 26 heavy (non-hydrogen) atoms. The lowest BCUT2D eigenvalue weighted by molar-refractivity contribution is -0.132. The zero-order valence-corrected chi connectivity index (χ0v) is 16.1. The lowest BCUT2D eigenvalue weighted by atomic mass is 9.96. The van der Waals surface area contributed by atoms with Gasteiger partial charge in [0.15, 0.2) is 0 Å². The van der Waals surface area contributed by atoms with Crippen LogP contribution in [0.5, 0.6) is 0 Å². The second kappa shape index (κ2) is 8.72. The third-order valence-electron chi connectivity index (χ3n) is 4.72. The van der Waals surface area contributed by atoms with E-state index >= 15 is 0 Å². The monoisotopic (exact) mass is 388 g/mol. The fourth-order valence-corrected chi connectivity index (χ4v) is 3.64. The van der Waals surface area contributed by atoms with Gasteiger partial charge in [0.25, 0.3) is 0 Å². The van der Waals surface area contributed by atoms with Crippen molar-refractivity contribution in [3.05, 3.63) is 82.4 Å². The minimum absolute atomic E-state index is 0.112. The molecule has 3 nitrogen and oxygen atoms in total. The molecular formula is C21H22Cl2N2O. The van der Waals surface area contributed by atoms with Gasteiger partial charge in [-0.3, -0.25) is 9.69 Å². The molecule has 2 aromatic carbocycles. The van der Waals surface area contributed by atoms with Gasteiger partial charge in [0.2, 0.25) is 5.91 Å². The van der Waals surface area contributed by atoms with Gasteiger partial charge in [-0.25, -0.2) is 0 Å². The standard InChI is InChI=1S/C21H22Cl2N2O/c1-2-3-20(26)24-12-14-25(15-13-24)21(16-4-8-18(22)9-5-16)17-6-10-19(23)11-7-17/h2,4-11,21H,1,3,12-15H2. The SMILES string of the molecule is C=CCC(=O)N1CCN(C(c2ccc(Cl)cc2)c2ccc(Cl)cc2)CC1. The van der Waals surface area contributed by atoms with Crippen molar-refractivity contribution >= 4 is 29.1 Å². The number of halogens is 2. The van der Waals surface area contributed by atoms with Crippen LogP contribution < -0.4 is 0 Å². The number of piperazine rings is 1. The Bertz CT molecular complexity index is 705. The second-order valence-electron chi connectivity index (χ2n) is 6.42. The van der Waals surface area contributed by atoms with Gasteiger partial charge in [-0.2, -0.15) is 0 Å². The number of carbonyl (C=O) groups excluding carboxylic acids is 1. The highest BCUT2D eigenvalue weighted by atomic mass is 35.5.